The predicted octanol–water partition coefficient (Wildman–Crippen LogP) is 5.81. The van der Waals surface area contributed by atoms with Crippen molar-refractivity contribution in [2.24, 2.45) is 46.3 Å². The van der Waals surface area contributed by atoms with Crippen LogP contribution in [0, 0.1) is 46.3 Å². The summed E-state index contributed by atoms with van der Waals surface area (Å²) >= 11 is 6.18. The number of halogens is 1. The number of aryl methyl sites for hydroxylation is 1. The van der Waals surface area contributed by atoms with Gasteiger partial charge in [0.2, 0.25) is 0 Å². The highest BCUT2D eigenvalue weighted by Gasteiger charge is 2.65. The monoisotopic (exact) mass is 526 g/mol. The lowest BCUT2D eigenvalue weighted by molar-refractivity contribution is -0.207. The average molecular weight is 527 g/mol. The number of benzene rings is 1. The fourth-order valence-electron chi connectivity index (χ4n) is 9.84. The van der Waals surface area contributed by atoms with Gasteiger partial charge in [0.15, 0.2) is 0 Å². The Balaban J connectivity index is 1.20. The molecular weight excluding hydrogens is 484 g/mol. The largest absolute Gasteiger partial charge is 0.393 e. The summed E-state index contributed by atoms with van der Waals surface area (Å²) in [6.45, 7) is 7.06. The van der Waals surface area contributed by atoms with Gasteiger partial charge in [-0.3, -0.25) is 0 Å². The molecule has 4 aliphatic rings. The second-order valence-corrected chi connectivity index (χ2v) is 14.0. The van der Waals surface area contributed by atoms with E-state index in [4.69, 9.17) is 16.6 Å². The number of fused-ring (bicyclic) bond motifs is 6. The van der Waals surface area contributed by atoms with Crippen molar-refractivity contribution in [2.45, 2.75) is 96.9 Å². The van der Waals surface area contributed by atoms with E-state index in [2.05, 4.69) is 25.8 Å². The van der Waals surface area contributed by atoms with E-state index in [1.807, 2.05) is 24.4 Å². The molecule has 0 radical (unpaired) electrons. The van der Waals surface area contributed by atoms with Crippen LogP contribution in [0.5, 0.6) is 0 Å². The third kappa shape index (κ3) is 4.15. The van der Waals surface area contributed by atoms with E-state index in [1.165, 1.54) is 0 Å². The molecule has 37 heavy (non-hydrogen) atoms. The van der Waals surface area contributed by atoms with Crippen LogP contribution in [0.3, 0.4) is 0 Å². The highest BCUT2D eigenvalue weighted by Crippen LogP contribution is 2.68. The Morgan fingerprint density at radius 3 is 2.68 bits per heavy atom. The van der Waals surface area contributed by atoms with E-state index in [-0.39, 0.29) is 35.1 Å². The van der Waals surface area contributed by atoms with E-state index in [1.54, 1.807) is 0 Å². The summed E-state index contributed by atoms with van der Waals surface area (Å²) in [7, 11) is 0. The summed E-state index contributed by atoms with van der Waals surface area (Å²) in [6.07, 6.45) is 9.26. The molecule has 0 spiro atoms. The van der Waals surface area contributed by atoms with Crippen LogP contribution in [0.15, 0.2) is 24.4 Å². The molecule has 6 heteroatoms. The first kappa shape index (κ1) is 26.0. The van der Waals surface area contributed by atoms with Crippen LogP contribution in [0.2, 0.25) is 5.02 Å². The maximum atomic E-state index is 11.8. The lowest BCUT2D eigenvalue weighted by atomic mass is 9.43. The highest BCUT2D eigenvalue weighted by atomic mass is 35.5. The normalized spacial score (nSPS) is 44.2. The van der Waals surface area contributed by atoms with Crippen molar-refractivity contribution < 1.29 is 15.3 Å². The zero-order valence-electron chi connectivity index (χ0n) is 22.5. The van der Waals surface area contributed by atoms with Gasteiger partial charge in [-0.2, -0.15) is 0 Å². The summed E-state index contributed by atoms with van der Waals surface area (Å²) in [6, 6.07) is 5.73. The Bertz CT molecular complexity index is 1160. The first-order valence-corrected chi connectivity index (χ1v) is 14.9. The minimum absolute atomic E-state index is 0.117. The van der Waals surface area contributed by atoms with Gasteiger partial charge >= 0.3 is 0 Å². The van der Waals surface area contributed by atoms with Crippen LogP contribution in [0.25, 0.3) is 10.9 Å². The topological polar surface area (TPSA) is 86.5 Å². The Morgan fingerprint density at radius 1 is 1.05 bits per heavy atom. The molecular formula is C31H43ClN2O3. The number of hydrogen-bond acceptors (Lipinski definition) is 5. The third-order valence-corrected chi connectivity index (χ3v) is 12.2. The van der Waals surface area contributed by atoms with Gasteiger partial charge in [-0.15, -0.1) is 0 Å². The summed E-state index contributed by atoms with van der Waals surface area (Å²) in [5.41, 5.74) is 0.836. The Kier molecular flexibility index (Phi) is 6.62. The van der Waals surface area contributed by atoms with Gasteiger partial charge in [0.25, 0.3) is 0 Å². The molecule has 0 bridgehead atoms. The fraction of sp³-hybridized carbons (Fsp3) is 0.742. The highest BCUT2D eigenvalue weighted by molar-refractivity contribution is 6.31. The molecule has 0 unspecified atom stereocenters. The van der Waals surface area contributed by atoms with E-state index < -0.39 is 0 Å². The van der Waals surface area contributed by atoms with Crippen molar-refractivity contribution in [3.05, 3.63) is 35.2 Å². The van der Waals surface area contributed by atoms with Gasteiger partial charge < -0.3 is 15.3 Å². The van der Waals surface area contributed by atoms with Gasteiger partial charge in [0.05, 0.1) is 23.8 Å². The maximum absolute atomic E-state index is 11.8. The maximum Gasteiger partial charge on any atom is 0.128 e. The van der Waals surface area contributed by atoms with Gasteiger partial charge in [0.1, 0.15) is 5.82 Å². The SMILES string of the molecule is C[C@H](CCc1ncc2ccc(Cl)cc2n1)[C@H]1CC[C@H]2[C@@H]3[C@H](O)C[C@@H]4C[C@H](O)CC[C@]4(C)[C@H]3C[C@H](O)[C@]12C. The average Bonchev–Trinajstić information content (AvgIpc) is 3.22. The van der Waals surface area contributed by atoms with Crippen molar-refractivity contribution >= 4 is 22.5 Å². The number of rotatable bonds is 4. The summed E-state index contributed by atoms with van der Waals surface area (Å²) < 4.78 is 0. The Labute approximate surface area is 226 Å². The van der Waals surface area contributed by atoms with Gasteiger partial charge in [-0.25, -0.2) is 9.97 Å². The Morgan fingerprint density at radius 2 is 1.86 bits per heavy atom. The van der Waals surface area contributed by atoms with Crippen LogP contribution in [-0.2, 0) is 6.42 Å². The van der Waals surface area contributed by atoms with Crippen LogP contribution >= 0.6 is 11.6 Å². The molecule has 3 N–H and O–H groups in total. The quantitative estimate of drug-likeness (QED) is 0.467. The van der Waals surface area contributed by atoms with Crippen LogP contribution in [0.1, 0.15) is 78.0 Å². The van der Waals surface area contributed by atoms with Crippen molar-refractivity contribution in [1.29, 1.82) is 0 Å². The molecule has 4 saturated carbocycles. The fourth-order valence-corrected chi connectivity index (χ4v) is 10.0. The van der Waals surface area contributed by atoms with Crippen LogP contribution in [-0.4, -0.2) is 43.6 Å². The lowest BCUT2D eigenvalue weighted by Crippen LogP contribution is -2.62. The van der Waals surface area contributed by atoms with Crippen molar-refractivity contribution in [2.75, 3.05) is 0 Å². The number of aromatic nitrogens is 2. The molecule has 11 atom stereocenters. The smallest absolute Gasteiger partial charge is 0.128 e. The number of aliphatic hydroxyl groups is 3. The second-order valence-electron chi connectivity index (χ2n) is 13.5. The van der Waals surface area contributed by atoms with Crippen LogP contribution < -0.4 is 0 Å². The molecule has 5 nitrogen and oxygen atoms in total. The summed E-state index contributed by atoms with van der Waals surface area (Å²) in [5, 5.41) is 35.3. The van der Waals surface area contributed by atoms with Gasteiger partial charge in [-0.05, 0) is 116 Å². The standard InChI is InChI=1S/C31H43ClN2O3/c1-17(4-9-28-33-16-18-5-6-20(32)14-25(18)34-28)22-7-8-23-29-24(15-27(37)31(22,23)3)30(2)11-10-21(35)12-19(30)13-26(29)36/h5-6,14,16-17,19,21-24,26-27,29,35-37H,4,7-13,15H2,1-3H3/t17-,19+,21-,22-,23+,24+,26-,27+,29+,30+,31-/m1/s1. The van der Waals surface area contributed by atoms with Gasteiger partial charge in [-0.1, -0.05) is 32.4 Å². The number of hydrogen-bond donors (Lipinski definition) is 3. The van der Waals surface area contributed by atoms with Crippen molar-refractivity contribution in [1.82, 2.24) is 9.97 Å². The Hall–Kier alpha value is -1.27. The lowest BCUT2D eigenvalue weighted by Gasteiger charge is -2.63. The number of aliphatic hydroxyl groups excluding tert-OH is 3. The zero-order chi connectivity index (χ0) is 26.1. The van der Waals surface area contributed by atoms with Crippen molar-refractivity contribution in [3.63, 3.8) is 0 Å². The first-order chi connectivity index (χ1) is 17.6. The van der Waals surface area contributed by atoms with Crippen molar-refractivity contribution in [3.8, 4) is 0 Å². The van der Waals surface area contributed by atoms with E-state index >= 15 is 0 Å². The van der Waals surface area contributed by atoms with Gasteiger partial charge in [0, 0.05) is 23.0 Å². The molecule has 6 rings (SSSR count). The molecule has 1 aromatic carbocycles. The minimum Gasteiger partial charge on any atom is -0.393 e. The second kappa shape index (κ2) is 9.43. The molecule has 0 saturated heterocycles. The van der Waals surface area contributed by atoms with E-state index in [0.717, 1.165) is 74.5 Å². The van der Waals surface area contributed by atoms with Crippen LogP contribution in [0.4, 0.5) is 0 Å². The zero-order valence-corrected chi connectivity index (χ0v) is 23.2. The molecule has 4 fully saturated rings. The third-order valence-electron chi connectivity index (χ3n) is 11.9. The molecule has 202 valence electrons. The molecule has 2 aromatic rings. The molecule has 1 aromatic heterocycles. The summed E-state index contributed by atoms with van der Waals surface area (Å²) in [5.74, 6) is 3.03. The molecule has 0 aliphatic heterocycles. The molecule has 0 amide bonds. The molecule has 4 aliphatic carbocycles. The predicted molar refractivity (Wildman–Crippen MR) is 146 cm³/mol. The molecule has 1 heterocycles. The minimum atomic E-state index is -0.345. The first-order valence-electron chi connectivity index (χ1n) is 14.6. The number of nitrogens with zero attached hydrogens (tertiary/aromatic N) is 2. The van der Waals surface area contributed by atoms with E-state index in [0.29, 0.717) is 34.6 Å². The summed E-state index contributed by atoms with van der Waals surface area (Å²) in [4.78, 5) is 9.38. The van der Waals surface area contributed by atoms with E-state index in [9.17, 15) is 15.3 Å².